The van der Waals surface area contributed by atoms with Gasteiger partial charge in [-0.2, -0.15) is 26.3 Å². The number of hydrogen-bond donors (Lipinski definition) is 7. The number of halogens is 6. The van der Waals surface area contributed by atoms with Crippen molar-refractivity contribution in [3.63, 3.8) is 0 Å². The molecule has 2 aromatic carbocycles. The van der Waals surface area contributed by atoms with Crippen LogP contribution in [0.25, 0.3) is 0 Å². The maximum absolute atomic E-state index is 14.5. The minimum absolute atomic E-state index is 0.0914. The van der Waals surface area contributed by atoms with Crippen molar-refractivity contribution in [2.75, 3.05) is 32.9 Å². The number of aliphatic hydroxyl groups excluding tert-OH is 3. The highest BCUT2D eigenvalue weighted by Gasteiger charge is 2.80. The van der Waals surface area contributed by atoms with Crippen LogP contribution in [0.3, 0.4) is 0 Å². The lowest BCUT2D eigenvalue weighted by Crippen LogP contribution is -2.79. The van der Waals surface area contributed by atoms with Crippen LogP contribution in [-0.4, -0.2) is 261 Å². The van der Waals surface area contributed by atoms with Gasteiger partial charge in [0.05, 0.1) is 55.0 Å². The number of nitrogens with zero attached hydrogens (tertiary/aromatic N) is 1. The molecule has 0 radical (unpaired) electrons. The molecule has 36 heteroatoms. The first-order valence-corrected chi connectivity index (χ1v) is 40.6. The number of carbonyl (C=O) groups excluding carboxylic acids is 8. The van der Waals surface area contributed by atoms with E-state index in [1.807, 2.05) is 18.7 Å². The summed E-state index contributed by atoms with van der Waals surface area (Å²) in [6.07, 6.45) is -30.8. The molecule has 0 unspecified atom stereocenters. The fourth-order valence-electron chi connectivity index (χ4n) is 20.9. The molecule has 4 bridgehead atoms. The van der Waals surface area contributed by atoms with Gasteiger partial charge in [0.1, 0.15) is 71.2 Å². The zero-order valence-corrected chi connectivity index (χ0v) is 70.4. The minimum Gasteiger partial charge on any atom is -0.456 e. The Hall–Kier alpha value is -7.88. The van der Waals surface area contributed by atoms with Gasteiger partial charge in [-0.15, -0.1) is 0 Å². The Balaban J connectivity index is 0.000000222. The van der Waals surface area contributed by atoms with E-state index < -0.39 is 238 Å². The quantitative estimate of drug-likeness (QED) is 0.0318. The van der Waals surface area contributed by atoms with Crippen LogP contribution in [0.2, 0.25) is 0 Å². The number of ether oxygens (including phenoxy) is 14. The molecule has 7 N–H and O–H groups in total. The number of amides is 2. The van der Waals surface area contributed by atoms with E-state index in [0.717, 1.165) is 6.42 Å². The summed E-state index contributed by atoms with van der Waals surface area (Å²) in [5, 5.41) is 62.3. The molecular weight excluding hydrogens is 1610 g/mol. The largest absolute Gasteiger partial charge is 0.456 e. The van der Waals surface area contributed by atoms with Gasteiger partial charge in [-0.05, 0) is 140 Å². The number of aliphatic hydroxyl groups is 5. The van der Waals surface area contributed by atoms with Crippen LogP contribution in [0.15, 0.2) is 95.6 Å². The zero-order chi connectivity index (χ0) is 89.2. The Kier molecular flexibility index (Phi) is 25.1. The Morgan fingerprint density at radius 3 is 1.30 bits per heavy atom. The number of rotatable bonds is 18. The van der Waals surface area contributed by atoms with Crippen LogP contribution in [0.5, 0.6) is 0 Å². The third kappa shape index (κ3) is 16.7. The number of carbonyl (C=O) groups is 8. The lowest BCUT2D eigenvalue weighted by atomic mass is 9.45. The van der Waals surface area contributed by atoms with Crippen molar-refractivity contribution in [1.82, 2.24) is 15.5 Å². The molecule has 5 heterocycles. The second kappa shape index (κ2) is 32.9. The van der Waals surface area contributed by atoms with Crippen LogP contribution in [-0.2, 0) is 85.5 Å². The van der Waals surface area contributed by atoms with Gasteiger partial charge in [-0.3, -0.25) is 14.5 Å². The van der Waals surface area contributed by atoms with Gasteiger partial charge < -0.3 is 102 Å². The van der Waals surface area contributed by atoms with Crippen molar-refractivity contribution in [3.8, 4) is 0 Å². The normalized spacial score (nSPS) is 36.6. The minimum atomic E-state index is -5.36. The third-order valence-corrected chi connectivity index (χ3v) is 26.8. The summed E-state index contributed by atoms with van der Waals surface area (Å²) < 4.78 is 172. The highest BCUT2D eigenvalue weighted by atomic mass is 19.4. The standard InChI is InChI=1S/C44H59F3N2O14.C41H52F3NO13/c1-22-26(58-37(54)30(52)33(44(45,46)47)48-38(55)63-39(3,4)5)18-43(56)35(61-36(53)24-12-10-9-11-13-24)32-41(8,16-14-27-42(32,21-57-27)62-23(2)51)34-31(29(22)40(43,6)7)59-28(60-34)19-49-17-15-25(49)20-50;1-10-25-54-28-26-20(2)23(53-34(49)27(47)30(41(42,43)44)45-35(50)58-36(4,5)6)18-40(51,37(26,7)8)32(56-33(48)22-14-12-11-13-15-22)29-38(9,31(28)55-25)17-16-24-39(29,19-52-24)57-21(3)46/h9-13,25-28,30-35,50,52,56H,14-21H2,1-8H3,(H,48,55);10-15,23-25,27-32,47,51H,1,16-19H2,2-9H3,(H,45,50)/t25-,26-,27+,28+,30+,31+,32-,33+,34+,35-,41+,42-,43+;23-,24+,25+,27+,28+,29-,30+,31+,32-,38+,39-,40+/m00/s1. The fraction of sp³-hybridized carbons (Fsp3) is 0.694. The van der Waals surface area contributed by atoms with E-state index in [4.69, 9.17) is 66.3 Å². The second-order valence-electron chi connectivity index (χ2n) is 37.3. The first-order valence-electron chi connectivity index (χ1n) is 40.6. The van der Waals surface area contributed by atoms with Gasteiger partial charge >= 0.3 is 60.4 Å². The van der Waals surface area contributed by atoms with Crippen molar-refractivity contribution in [1.29, 1.82) is 0 Å². The van der Waals surface area contributed by atoms with Crippen LogP contribution >= 0.6 is 0 Å². The van der Waals surface area contributed by atoms with Crippen LogP contribution in [0, 0.1) is 33.5 Å². The van der Waals surface area contributed by atoms with Crippen LogP contribution in [0.1, 0.15) is 176 Å². The highest BCUT2D eigenvalue weighted by Crippen LogP contribution is 2.70. The van der Waals surface area contributed by atoms with Crippen molar-refractivity contribution in [2.24, 2.45) is 33.5 Å². The van der Waals surface area contributed by atoms with Crippen LogP contribution in [0.4, 0.5) is 35.9 Å². The highest BCUT2D eigenvalue weighted by molar-refractivity contribution is 5.90. The zero-order valence-electron chi connectivity index (χ0n) is 70.4. The molecule has 30 nitrogen and oxygen atoms in total. The van der Waals surface area contributed by atoms with E-state index in [0.29, 0.717) is 43.4 Å². The average Bonchev–Trinajstić information content (AvgIpc) is 1.65. The summed E-state index contributed by atoms with van der Waals surface area (Å²) in [5.41, 5.74) is -13.6. The topological polar surface area (TPSA) is 394 Å². The van der Waals surface area contributed by atoms with Crippen molar-refractivity contribution < 1.29 is 157 Å². The maximum Gasteiger partial charge on any atom is 0.411 e. The number of benzene rings is 2. The summed E-state index contributed by atoms with van der Waals surface area (Å²) in [4.78, 5) is 109. The SMILES string of the molecule is C=C[C@@H]1O[C@@H]2C3=C(C)[C@@H](OC(=O)[C@H](O)[C@@H](NC(=O)OC(C)(C)C)C(F)(F)F)C[C@@](O)([C@@H](OC(=O)c4ccccc4)[C@H]4[C@@](C)(CC[C@H]5OC[C@]54OC(C)=O)[C@@H]2O1)C3(C)C.CC(=O)O[C@@]12CO[C@@H]1CC[C@@]1(C)[C@@H]3O[C@H](CN4CC[C@H]4CO)O[C@@H]3C3=C(C)[C@@H](OC(=O)[C@H](O)[C@@H](NC(=O)OC(C)(C)C)C(F)(F)F)C[C@@](O)([C@@H](OC(=O)c4ccccc4)[C@@H]12)C3(C)C. The Labute approximate surface area is 696 Å². The van der Waals surface area contributed by atoms with Gasteiger partial charge in [0.2, 0.25) is 0 Å². The molecule has 4 saturated carbocycles. The second-order valence-corrected chi connectivity index (χ2v) is 37.3. The van der Waals surface area contributed by atoms with E-state index in [-0.39, 0.29) is 54.7 Å². The Morgan fingerprint density at radius 2 is 0.967 bits per heavy atom. The Morgan fingerprint density at radius 1 is 0.579 bits per heavy atom. The first-order chi connectivity index (χ1) is 56.1. The molecule has 5 aliphatic heterocycles. The van der Waals surface area contributed by atoms with E-state index in [9.17, 15) is 90.2 Å². The third-order valence-electron chi connectivity index (χ3n) is 26.8. The molecule has 5 saturated heterocycles. The molecule has 2 amide bonds. The van der Waals surface area contributed by atoms with Gasteiger partial charge in [0.15, 0.2) is 48.1 Å². The lowest BCUT2D eigenvalue weighted by Gasteiger charge is -2.68. The Bertz CT molecular complexity index is 4360. The van der Waals surface area contributed by atoms with Crippen LogP contribution < -0.4 is 10.6 Å². The summed E-state index contributed by atoms with van der Waals surface area (Å²) in [6.45, 7) is 29.0. The van der Waals surface area contributed by atoms with E-state index >= 15 is 0 Å². The van der Waals surface area contributed by atoms with Gasteiger partial charge in [0.25, 0.3) is 0 Å². The summed E-state index contributed by atoms with van der Waals surface area (Å²) >= 11 is 0. The molecule has 6 aliphatic carbocycles. The van der Waals surface area contributed by atoms with Gasteiger partial charge in [-0.25, -0.2) is 28.8 Å². The fourth-order valence-corrected chi connectivity index (χ4v) is 20.9. The molecule has 121 heavy (non-hydrogen) atoms. The summed E-state index contributed by atoms with van der Waals surface area (Å²) in [5.74, 6) is -8.78. The van der Waals surface area contributed by atoms with E-state index in [1.54, 1.807) is 77.9 Å². The molecule has 2 aromatic rings. The average molecular weight is 1720 g/mol. The van der Waals surface area contributed by atoms with Crippen molar-refractivity contribution in [2.45, 2.75) is 306 Å². The summed E-state index contributed by atoms with van der Waals surface area (Å²) in [6, 6.07) is 9.51. The predicted octanol–water partition coefficient (Wildman–Crippen LogP) is 8.57. The number of likely N-dealkylation sites (tertiary alicyclic amines) is 1. The van der Waals surface area contributed by atoms with Gasteiger partial charge in [-0.1, -0.05) is 84.5 Å². The first kappa shape index (κ1) is 92.3. The smallest absolute Gasteiger partial charge is 0.411 e. The summed E-state index contributed by atoms with van der Waals surface area (Å²) in [7, 11) is 0. The predicted molar refractivity (Wildman–Crippen MR) is 408 cm³/mol. The van der Waals surface area contributed by atoms with E-state index in [1.165, 1.54) is 96.4 Å². The molecule has 0 spiro atoms. The van der Waals surface area contributed by atoms with Crippen molar-refractivity contribution >= 4 is 48.0 Å². The number of hydrogen-bond acceptors (Lipinski definition) is 28. The molecule has 670 valence electrons. The van der Waals surface area contributed by atoms with Gasteiger partial charge in [0, 0.05) is 67.5 Å². The molecular formula is C85H111F6N3O27. The maximum atomic E-state index is 14.5. The number of alkyl halides is 6. The molecule has 9 fully saturated rings. The van der Waals surface area contributed by atoms with Crippen molar-refractivity contribution in [3.05, 3.63) is 107 Å². The molecule has 25 atom stereocenters. The molecule has 11 aliphatic rings. The number of fused-ring (bicyclic) bond motifs is 16. The number of alkyl carbamates (subject to hydrolysis) is 2. The lowest BCUT2D eigenvalue weighted by molar-refractivity contribution is -0.345. The number of esters is 6. The molecule has 0 aromatic heterocycles. The molecule has 13 rings (SSSR count). The monoisotopic (exact) mass is 1720 g/mol. The van der Waals surface area contributed by atoms with E-state index in [2.05, 4.69) is 6.58 Å². The number of nitrogens with one attached hydrogen (secondary N) is 2.